The molecule has 2 fully saturated rings. The Hall–Kier alpha value is -1.73. The lowest BCUT2D eigenvalue weighted by atomic mass is 9.85. The topological polar surface area (TPSA) is 67.8 Å². The first kappa shape index (κ1) is 16.1. The van der Waals surface area contributed by atoms with Crippen molar-refractivity contribution in [3.63, 3.8) is 0 Å². The van der Waals surface area contributed by atoms with Gasteiger partial charge in [0.25, 0.3) is 5.91 Å². The third-order valence-electron chi connectivity index (χ3n) is 4.77. The standard InChI is InChI=1S/C16H24N4O3/c1-19(2)15-17-9-12(10-18-15)14(21)20-7-6-16(5-4-8-23-16)13(11-20)22-3/h9-10,13H,4-8,11H2,1-3H3/t13-,16-/m0/s1. The van der Waals surface area contributed by atoms with Crippen LogP contribution in [0.3, 0.4) is 0 Å². The quantitative estimate of drug-likeness (QED) is 0.826. The fourth-order valence-electron chi connectivity index (χ4n) is 3.43. The smallest absolute Gasteiger partial charge is 0.257 e. The summed E-state index contributed by atoms with van der Waals surface area (Å²) in [4.78, 5) is 24.7. The van der Waals surface area contributed by atoms with Gasteiger partial charge in [-0.25, -0.2) is 9.97 Å². The molecule has 0 aromatic carbocycles. The predicted octanol–water partition coefficient (Wildman–Crippen LogP) is 0.953. The molecular weight excluding hydrogens is 296 g/mol. The summed E-state index contributed by atoms with van der Waals surface area (Å²) < 4.78 is 11.6. The average Bonchev–Trinajstić information content (AvgIpc) is 3.04. The SMILES string of the molecule is CO[C@H]1CN(C(=O)c2cnc(N(C)C)nc2)CC[C@@]12CCCO2. The number of nitrogens with zero attached hydrogens (tertiary/aromatic N) is 4. The van der Waals surface area contributed by atoms with Gasteiger partial charge in [-0.3, -0.25) is 4.79 Å². The Bertz CT molecular complexity index is 555. The number of carbonyl (C=O) groups excluding carboxylic acids is 1. The molecule has 2 aliphatic heterocycles. The second-order valence-corrected chi connectivity index (χ2v) is 6.41. The van der Waals surface area contributed by atoms with Gasteiger partial charge in [0.15, 0.2) is 0 Å². The highest BCUT2D eigenvalue weighted by molar-refractivity contribution is 5.93. The molecule has 1 spiro atoms. The van der Waals surface area contributed by atoms with Crippen LogP contribution in [-0.4, -0.2) is 73.4 Å². The number of hydrogen-bond donors (Lipinski definition) is 0. The molecule has 0 radical (unpaired) electrons. The third kappa shape index (κ3) is 3.03. The Morgan fingerprint density at radius 3 is 2.70 bits per heavy atom. The molecule has 2 atom stereocenters. The van der Waals surface area contributed by atoms with Crippen molar-refractivity contribution in [1.29, 1.82) is 0 Å². The zero-order valence-electron chi connectivity index (χ0n) is 14.0. The van der Waals surface area contributed by atoms with Crippen molar-refractivity contribution in [2.75, 3.05) is 45.8 Å². The van der Waals surface area contributed by atoms with Crippen LogP contribution in [0.4, 0.5) is 5.95 Å². The lowest BCUT2D eigenvalue weighted by molar-refractivity contribution is -0.136. The van der Waals surface area contributed by atoms with E-state index in [1.54, 1.807) is 24.4 Å². The van der Waals surface area contributed by atoms with E-state index in [0.29, 0.717) is 24.6 Å². The normalized spacial score (nSPS) is 27.4. The predicted molar refractivity (Wildman–Crippen MR) is 85.6 cm³/mol. The molecule has 0 N–H and O–H groups in total. The summed E-state index contributed by atoms with van der Waals surface area (Å²) >= 11 is 0. The van der Waals surface area contributed by atoms with Gasteiger partial charge in [0, 0.05) is 53.3 Å². The van der Waals surface area contributed by atoms with E-state index in [1.165, 1.54) is 0 Å². The van der Waals surface area contributed by atoms with Crippen molar-refractivity contribution in [3.8, 4) is 0 Å². The Balaban J connectivity index is 1.71. The van der Waals surface area contributed by atoms with Crippen molar-refractivity contribution in [3.05, 3.63) is 18.0 Å². The highest BCUT2D eigenvalue weighted by Gasteiger charge is 2.47. The lowest BCUT2D eigenvalue weighted by Gasteiger charge is -2.44. The van der Waals surface area contributed by atoms with Gasteiger partial charge in [-0.15, -0.1) is 0 Å². The number of aromatic nitrogens is 2. The van der Waals surface area contributed by atoms with Gasteiger partial charge in [0.2, 0.25) is 5.95 Å². The minimum atomic E-state index is -0.211. The van der Waals surface area contributed by atoms with Gasteiger partial charge in [-0.1, -0.05) is 0 Å². The van der Waals surface area contributed by atoms with Gasteiger partial charge in [-0.05, 0) is 19.3 Å². The van der Waals surface area contributed by atoms with Gasteiger partial charge < -0.3 is 19.3 Å². The molecular formula is C16H24N4O3. The van der Waals surface area contributed by atoms with E-state index in [2.05, 4.69) is 9.97 Å². The summed E-state index contributed by atoms with van der Waals surface area (Å²) in [6.45, 7) is 2.01. The lowest BCUT2D eigenvalue weighted by Crippen LogP contribution is -2.57. The maximum absolute atomic E-state index is 12.7. The fraction of sp³-hybridized carbons (Fsp3) is 0.688. The van der Waals surface area contributed by atoms with Crippen LogP contribution in [0.5, 0.6) is 0 Å². The van der Waals surface area contributed by atoms with E-state index in [9.17, 15) is 4.79 Å². The van der Waals surface area contributed by atoms with Gasteiger partial charge in [0.05, 0.1) is 11.2 Å². The van der Waals surface area contributed by atoms with Gasteiger partial charge in [0.1, 0.15) is 6.10 Å². The number of carbonyl (C=O) groups is 1. The molecule has 7 nitrogen and oxygen atoms in total. The Kier molecular flexibility index (Phi) is 4.50. The van der Waals surface area contributed by atoms with Gasteiger partial charge in [-0.2, -0.15) is 0 Å². The molecule has 0 unspecified atom stereocenters. The van der Waals surface area contributed by atoms with Crippen molar-refractivity contribution < 1.29 is 14.3 Å². The van der Waals surface area contributed by atoms with Crippen LogP contribution in [0.15, 0.2) is 12.4 Å². The largest absolute Gasteiger partial charge is 0.377 e. The zero-order valence-corrected chi connectivity index (χ0v) is 14.0. The maximum Gasteiger partial charge on any atom is 0.257 e. The highest BCUT2D eigenvalue weighted by atomic mass is 16.5. The molecule has 23 heavy (non-hydrogen) atoms. The molecule has 2 saturated heterocycles. The molecule has 1 aromatic heterocycles. The van der Waals surface area contributed by atoms with Crippen molar-refractivity contribution >= 4 is 11.9 Å². The monoisotopic (exact) mass is 320 g/mol. The second-order valence-electron chi connectivity index (χ2n) is 6.41. The molecule has 7 heteroatoms. The minimum absolute atomic E-state index is 0.0507. The van der Waals surface area contributed by atoms with Crippen molar-refractivity contribution in [2.24, 2.45) is 0 Å². The number of anilines is 1. The van der Waals surface area contributed by atoms with E-state index < -0.39 is 0 Å². The van der Waals surface area contributed by atoms with E-state index in [4.69, 9.17) is 9.47 Å². The number of likely N-dealkylation sites (tertiary alicyclic amines) is 1. The van der Waals surface area contributed by atoms with E-state index in [1.807, 2.05) is 19.0 Å². The van der Waals surface area contributed by atoms with Crippen LogP contribution < -0.4 is 4.90 Å². The summed E-state index contributed by atoms with van der Waals surface area (Å²) in [6, 6.07) is 0. The summed E-state index contributed by atoms with van der Waals surface area (Å²) in [6.07, 6.45) is 5.98. The first-order chi connectivity index (χ1) is 11.1. The maximum atomic E-state index is 12.7. The molecule has 0 saturated carbocycles. The number of rotatable bonds is 3. The molecule has 0 aliphatic carbocycles. The van der Waals surface area contributed by atoms with Crippen LogP contribution in [0.2, 0.25) is 0 Å². The van der Waals surface area contributed by atoms with Crippen molar-refractivity contribution in [1.82, 2.24) is 14.9 Å². The molecule has 3 rings (SSSR count). The fourth-order valence-corrected chi connectivity index (χ4v) is 3.43. The Morgan fingerprint density at radius 1 is 1.39 bits per heavy atom. The van der Waals surface area contributed by atoms with Crippen LogP contribution >= 0.6 is 0 Å². The van der Waals surface area contributed by atoms with Gasteiger partial charge >= 0.3 is 0 Å². The highest BCUT2D eigenvalue weighted by Crippen LogP contribution is 2.37. The van der Waals surface area contributed by atoms with Crippen LogP contribution in [0.1, 0.15) is 29.6 Å². The third-order valence-corrected chi connectivity index (χ3v) is 4.77. The first-order valence-electron chi connectivity index (χ1n) is 8.01. The van der Waals surface area contributed by atoms with Crippen LogP contribution in [0, 0.1) is 0 Å². The number of ether oxygens (including phenoxy) is 2. The Morgan fingerprint density at radius 2 is 2.13 bits per heavy atom. The number of amides is 1. The van der Waals surface area contributed by atoms with E-state index >= 15 is 0 Å². The van der Waals surface area contributed by atoms with Crippen LogP contribution in [0.25, 0.3) is 0 Å². The van der Waals surface area contributed by atoms with E-state index in [0.717, 1.165) is 25.9 Å². The molecule has 1 amide bonds. The summed E-state index contributed by atoms with van der Waals surface area (Å²) in [5, 5.41) is 0. The first-order valence-corrected chi connectivity index (χ1v) is 8.01. The summed E-state index contributed by atoms with van der Waals surface area (Å²) in [5.74, 6) is 0.540. The summed E-state index contributed by atoms with van der Waals surface area (Å²) in [5.41, 5.74) is 0.297. The molecule has 0 bridgehead atoms. The second kappa shape index (κ2) is 6.41. The molecule has 1 aromatic rings. The molecule has 2 aliphatic rings. The summed E-state index contributed by atoms with van der Waals surface area (Å²) in [7, 11) is 5.43. The van der Waals surface area contributed by atoms with E-state index in [-0.39, 0.29) is 17.6 Å². The van der Waals surface area contributed by atoms with Crippen molar-refractivity contribution in [2.45, 2.75) is 31.0 Å². The zero-order chi connectivity index (χ0) is 16.4. The Labute approximate surface area is 136 Å². The molecule has 3 heterocycles. The number of methoxy groups -OCH3 is 1. The molecule has 126 valence electrons. The van der Waals surface area contributed by atoms with Crippen LogP contribution in [-0.2, 0) is 9.47 Å². The number of piperidine rings is 1. The minimum Gasteiger partial charge on any atom is -0.377 e. The average molecular weight is 320 g/mol. The number of hydrogen-bond acceptors (Lipinski definition) is 6.